The van der Waals surface area contributed by atoms with E-state index in [9.17, 15) is 4.79 Å². The van der Waals surface area contributed by atoms with Crippen molar-refractivity contribution in [2.45, 2.75) is 6.61 Å². The highest BCUT2D eigenvalue weighted by atomic mass is 16.5. The van der Waals surface area contributed by atoms with Crippen LogP contribution < -0.4 is 14.4 Å². The van der Waals surface area contributed by atoms with Crippen LogP contribution in [0.3, 0.4) is 0 Å². The zero-order valence-electron chi connectivity index (χ0n) is 13.9. The third-order valence-electron chi connectivity index (χ3n) is 4.34. The summed E-state index contributed by atoms with van der Waals surface area (Å²) < 4.78 is 11.0. The molecule has 6 heteroatoms. The van der Waals surface area contributed by atoms with Gasteiger partial charge in [-0.1, -0.05) is 18.2 Å². The maximum atomic E-state index is 12.9. The first-order valence-corrected chi connectivity index (χ1v) is 7.90. The number of carbonyl (C=O) groups is 1. The summed E-state index contributed by atoms with van der Waals surface area (Å²) in [5, 5.41) is 7.24. The van der Waals surface area contributed by atoms with Crippen molar-refractivity contribution in [2.75, 3.05) is 19.1 Å². The second kappa shape index (κ2) is 5.98. The molecule has 0 atom stereocenters. The van der Waals surface area contributed by atoms with Gasteiger partial charge in [0.2, 0.25) is 0 Å². The standard InChI is InChI=1S/C19H17N3O3/c1-22(12-6-5-7-13(10-12)24-2)19(23)18-15-11-25-16-9-4-3-8-14(16)17(15)20-21-18/h3-10H,11H2,1-2H3,(H,20,21). The lowest BCUT2D eigenvalue weighted by Crippen LogP contribution is -2.28. The van der Waals surface area contributed by atoms with Gasteiger partial charge in [-0.3, -0.25) is 9.89 Å². The van der Waals surface area contributed by atoms with Crippen molar-refractivity contribution in [3.8, 4) is 22.8 Å². The highest BCUT2D eigenvalue weighted by Crippen LogP contribution is 2.37. The Morgan fingerprint density at radius 1 is 1.24 bits per heavy atom. The molecule has 1 aliphatic rings. The van der Waals surface area contributed by atoms with Gasteiger partial charge in [-0.15, -0.1) is 0 Å². The Morgan fingerprint density at radius 2 is 2.08 bits per heavy atom. The lowest BCUT2D eigenvalue weighted by Gasteiger charge is -2.20. The molecule has 1 aromatic heterocycles. The van der Waals surface area contributed by atoms with Gasteiger partial charge in [-0.05, 0) is 24.3 Å². The maximum Gasteiger partial charge on any atom is 0.276 e. The van der Waals surface area contributed by atoms with Crippen LogP contribution in [0.1, 0.15) is 16.1 Å². The fraction of sp³-hybridized carbons (Fsp3) is 0.158. The number of aromatic nitrogens is 2. The third kappa shape index (κ3) is 2.52. The molecule has 1 amide bonds. The lowest BCUT2D eigenvalue weighted by atomic mass is 10.0. The number of fused-ring (bicyclic) bond motifs is 3. The summed E-state index contributed by atoms with van der Waals surface area (Å²) in [6.07, 6.45) is 0. The van der Waals surface area contributed by atoms with E-state index in [-0.39, 0.29) is 5.91 Å². The summed E-state index contributed by atoms with van der Waals surface area (Å²) in [5.74, 6) is 1.30. The number of hydrogen-bond donors (Lipinski definition) is 1. The number of H-pyrrole nitrogens is 1. The molecule has 2 heterocycles. The Hall–Kier alpha value is -3.28. The SMILES string of the molecule is COc1cccc(N(C)C(=O)c2[nH]nc3c2COc2ccccc2-3)c1. The summed E-state index contributed by atoms with van der Waals surface area (Å²) in [4.78, 5) is 14.5. The van der Waals surface area contributed by atoms with Crippen molar-refractivity contribution < 1.29 is 14.3 Å². The lowest BCUT2D eigenvalue weighted by molar-refractivity contribution is 0.0985. The van der Waals surface area contributed by atoms with Crippen LogP contribution >= 0.6 is 0 Å². The normalized spacial score (nSPS) is 11.9. The molecule has 4 rings (SSSR count). The van der Waals surface area contributed by atoms with E-state index >= 15 is 0 Å². The number of anilines is 1. The number of benzene rings is 2. The Balaban J connectivity index is 1.69. The van der Waals surface area contributed by atoms with E-state index in [0.29, 0.717) is 18.1 Å². The smallest absolute Gasteiger partial charge is 0.276 e. The zero-order valence-corrected chi connectivity index (χ0v) is 13.9. The molecule has 3 aromatic rings. The molecule has 0 aliphatic carbocycles. The van der Waals surface area contributed by atoms with Crippen LogP contribution in [0.25, 0.3) is 11.3 Å². The average molecular weight is 335 g/mol. The maximum absolute atomic E-state index is 12.9. The first-order chi connectivity index (χ1) is 12.2. The number of ether oxygens (including phenoxy) is 2. The van der Waals surface area contributed by atoms with E-state index in [1.807, 2.05) is 48.5 Å². The first-order valence-electron chi connectivity index (χ1n) is 7.90. The molecule has 0 bridgehead atoms. The molecule has 126 valence electrons. The van der Waals surface area contributed by atoms with E-state index in [4.69, 9.17) is 9.47 Å². The van der Waals surface area contributed by atoms with Gasteiger partial charge in [0.1, 0.15) is 29.5 Å². The summed E-state index contributed by atoms with van der Waals surface area (Å²) in [7, 11) is 3.32. The minimum Gasteiger partial charge on any atom is -0.497 e. The fourth-order valence-corrected chi connectivity index (χ4v) is 2.95. The number of amides is 1. The summed E-state index contributed by atoms with van der Waals surface area (Å²) in [6, 6.07) is 15.0. The van der Waals surface area contributed by atoms with E-state index in [2.05, 4.69) is 10.2 Å². The number of para-hydroxylation sites is 1. The molecular formula is C19H17N3O3. The Labute approximate surface area is 145 Å². The van der Waals surface area contributed by atoms with Crippen molar-refractivity contribution in [3.63, 3.8) is 0 Å². The Bertz CT molecular complexity index is 949. The largest absolute Gasteiger partial charge is 0.497 e. The zero-order chi connectivity index (χ0) is 17.4. The number of hydrogen-bond acceptors (Lipinski definition) is 4. The second-order valence-corrected chi connectivity index (χ2v) is 5.78. The summed E-state index contributed by atoms with van der Waals surface area (Å²) in [5.41, 5.74) is 3.62. The van der Waals surface area contributed by atoms with Crippen LogP contribution in [0.5, 0.6) is 11.5 Å². The van der Waals surface area contributed by atoms with Crippen molar-refractivity contribution in [3.05, 3.63) is 59.8 Å². The number of rotatable bonds is 3. The van der Waals surface area contributed by atoms with Gasteiger partial charge in [0, 0.05) is 29.9 Å². The van der Waals surface area contributed by atoms with Crippen molar-refractivity contribution in [2.24, 2.45) is 0 Å². The molecule has 6 nitrogen and oxygen atoms in total. The first kappa shape index (κ1) is 15.3. The predicted octanol–water partition coefficient (Wildman–Crippen LogP) is 3.25. The van der Waals surface area contributed by atoms with Crippen LogP contribution in [0.4, 0.5) is 5.69 Å². The minimum atomic E-state index is -0.176. The highest BCUT2D eigenvalue weighted by Gasteiger charge is 2.28. The minimum absolute atomic E-state index is 0.176. The van der Waals surface area contributed by atoms with Gasteiger partial charge in [-0.25, -0.2) is 0 Å². The summed E-state index contributed by atoms with van der Waals surface area (Å²) >= 11 is 0. The molecule has 1 aliphatic heterocycles. The highest BCUT2D eigenvalue weighted by molar-refractivity contribution is 6.06. The Kier molecular flexibility index (Phi) is 3.65. The predicted molar refractivity (Wildman–Crippen MR) is 94.1 cm³/mol. The van der Waals surface area contributed by atoms with E-state index < -0.39 is 0 Å². The average Bonchev–Trinajstić information content (AvgIpc) is 3.11. The van der Waals surface area contributed by atoms with E-state index in [1.165, 1.54) is 0 Å². The third-order valence-corrected chi connectivity index (χ3v) is 4.34. The van der Waals surface area contributed by atoms with Crippen LogP contribution in [-0.4, -0.2) is 30.3 Å². The number of nitrogens with zero attached hydrogens (tertiary/aromatic N) is 2. The van der Waals surface area contributed by atoms with Gasteiger partial charge < -0.3 is 14.4 Å². The number of nitrogens with one attached hydrogen (secondary N) is 1. The molecular weight excluding hydrogens is 318 g/mol. The van der Waals surface area contributed by atoms with Gasteiger partial charge in [0.15, 0.2) is 0 Å². The monoisotopic (exact) mass is 335 g/mol. The van der Waals surface area contributed by atoms with Crippen LogP contribution in [0, 0.1) is 0 Å². The number of aromatic amines is 1. The van der Waals surface area contributed by atoms with Gasteiger partial charge in [-0.2, -0.15) is 5.10 Å². The van der Waals surface area contributed by atoms with Crippen LogP contribution in [0.2, 0.25) is 0 Å². The van der Waals surface area contributed by atoms with E-state index in [1.54, 1.807) is 19.1 Å². The van der Waals surface area contributed by atoms with Crippen molar-refractivity contribution in [1.82, 2.24) is 10.2 Å². The fourth-order valence-electron chi connectivity index (χ4n) is 2.95. The molecule has 0 saturated heterocycles. The number of carbonyl (C=O) groups excluding carboxylic acids is 1. The topological polar surface area (TPSA) is 67.5 Å². The molecule has 0 fully saturated rings. The number of methoxy groups -OCH3 is 1. The molecule has 2 aromatic carbocycles. The second-order valence-electron chi connectivity index (χ2n) is 5.78. The van der Waals surface area contributed by atoms with Crippen LogP contribution in [-0.2, 0) is 6.61 Å². The Morgan fingerprint density at radius 3 is 2.92 bits per heavy atom. The van der Waals surface area contributed by atoms with Gasteiger partial charge in [0.05, 0.1) is 7.11 Å². The van der Waals surface area contributed by atoms with Crippen molar-refractivity contribution in [1.29, 1.82) is 0 Å². The van der Waals surface area contributed by atoms with Gasteiger partial charge in [0.25, 0.3) is 5.91 Å². The molecule has 0 unspecified atom stereocenters. The van der Waals surface area contributed by atoms with E-state index in [0.717, 1.165) is 28.3 Å². The van der Waals surface area contributed by atoms with Gasteiger partial charge >= 0.3 is 0 Å². The van der Waals surface area contributed by atoms with Crippen LogP contribution in [0.15, 0.2) is 48.5 Å². The molecule has 0 radical (unpaired) electrons. The molecule has 1 N–H and O–H groups in total. The molecule has 0 saturated carbocycles. The van der Waals surface area contributed by atoms with Crippen molar-refractivity contribution >= 4 is 11.6 Å². The molecule has 0 spiro atoms. The quantitative estimate of drug-likeness (QED) is 0.798. The molecule has 25 heavy (non-hydrogen) atoms. The summed E-state index contributed by atoms with van der Waals surface area (Å²) in [6.45, 7) is 0.315.